The Balaban J connectivity index is 2.38. The van der Waals surface area contributed by atoms with Gasteiger partial charge in [-0.05, 0) is 38.5 Å². The molecule has 1 rings (SSSR count). The average Bonchev–Trinajstić information content (AvgIpc) is 2.36. The molecule has 5 heteroatoms. The summed E-state index contributed by atoms with van der Waals surface area (Å²) < 4.78 is 0. The largest absolute Gasteiger partial charge is 0.481 e. The number of aliphatic carboxylic acids is 1. The molecule has 1 aliphatic rings. The number of urea groups is 1. The van der Waals surface area contributed by atoms with Crippen molar-refractivity contribution >= 4 is 12.0 Å². The second-order valence-corrected chi connectivity index (χ2v) is 5.15. The maximum absolute atomic E-state index is 11.9. The van der Waals surface area contributed by atoms with Gasteiger partial charge in [-0.1, -0.05) is 6.92 Å². The number of rotatable bonds is 5. The molecule has 2 atom stereocenters. The number of hydrogen-bond acceptors (Lipinski definition) is 2. The van der Waals surface area contributed by atoms with Gasteiger partial charge in [-0.2, -0.15) is 0 Å². The zero-order valence-electron chi connectivity index (χ0n) is 11.3. The summed E-state index contributed by atoms with van der Waals surface area (Å²) in [4.78, 5) is 24.3. The minimum absolute atomic E-state index is 0.00984. The van der Waals surface area contributed by atoms with Gasteiger partial charge in [0.15, 0.2) is 0 Å². The highest BCUT2D eigenvalue weighted by Crippen LogP contribution is 2.21. The molecule has 1 fully saturated rings. The summed E-state index contributed by atoms with van der Waals surface area (Å²) in [6.45, 7) is 5.50. The van der Waals surface area contributed by atoms with E-state index in [2.05, 4.69) is 5.32 Å². The first-order valence-corrected chi connectivity index (χ1v) is 6.80. The molecular weight excluding hydrogens is 232 g/mol. The van der Waals surface area contributed by atoms with E-state index in [4.69, 9.17) is 5.11 Å². The van der Waals surface area contributed by atoms with Crippen molar-refractivity contribution < 1.29 is 14.7 Å². The van der Waals surface area contributed by atoms with Crippen LogP contribution in [0, 0.1) is 5.92 Å². The van der Waals surface area contributed by atoms with Crippen LogP contribution in [0.2, 0.25) is 0 Å². The normalized spacial score (nSPS) is 21.4. The molecule has 0 bridgehead atoms. The highest BCUT2D eigenvalue weighted by Gasteiger charge is 2.24. The van der Waals surface area contributed by atoms with Crippen LogP contribution in [0.4, 0.5) is 4.79 Å². The molecular formula is C13H24N2O3. The summed E-state index contributed by atoms with van der Waals surface area (Å²) in [6.07, 6.45) is 3.79. The van der Waals surface area contributed by atoms with Crippen molar-refractivity contribution in [3.8, 4) is 0 Å². The molecule has 18 heavy (non-hydrogen) atoms. The molecule has 1 aliphatic heterocycles. The molecule has 0 aromatic heterocycles. The molecule has 0 saturated carbocycles. The van der Waals surface area contributed by atoms with Gasteiger partial charge >= 0.3 is 12.0 Å². The number of amides is 2. The molecule has 0 aromatic rings. The van der Waals surface area contributed by atoms with E-state index in [0.29, 0.717) is 18.9 Å². The molecule has 2 N–H and O–H groups in total. The van der Waals surface area contributed by atoms with Crippen LogP contribution in [0.25, 0.3) is 0 Å². The van der Waals surface area contributed by atoms with Crippen molar-refractivity contribution in [2.24, 2.45) is 5.92 Å². The lowest BCUT2D eigenvalue weighted by atomic mass is 9.93. The molecule has 2 unspecified atom stereocenters. The Labute approximate surface area is 109 Å². The van der Waals surface area contributed by atoms with E-state index in [9.17, 15) is 9.59 Å². The van der Waals surface area contributed by atoms with Crippen LogP contribution in [0.5, 0.6) is 0 Å². The molecule has 0 aliphatic carbocycles. The van der Waals surface area contributed by atoms with Crippen molar-refractivity contribution in [3.05, 3.63) is 0 Å². The van der Waals surface area contributed by atoms with E-state index < -0.39 is 5.97 Å². The molecule has 0 spiro atoms. The summed E-state index contributed by atoms with van der Waals surface area (Å²) in [6, 6.07) is 0.182. The second kappa shape index (κ2) is 7.24. The van der Waals surface area contributed by atoms with E-state index in [1.807, 2.05) is 18.7 Å². The van der Waals surface area contributed by atoms with E-state index in [1.165, 1.54) is 0 Å². The number of hydrogen-bond donors (Lipinski definition) is 2. The smallest absolute Gasteiger partial charge is 0.317 e. The summed E-state index contributed by atoms with van der Waals surface area (Å²) >= 11 is 0. The van der Waals surface area contributed by atoms with Crippen molar-refractivity contribution in [2.75, 3.05) is 13.1 Å². The fourth-order valence-corrected chi connectivity index (χ4v) is 2.22. The number of nitrogens with one attached hydrogen (secondary N) is 1. The van der Waals surface area contributed by atoms with Gasteiger partial charge in [0.2, 0.25) is 0 Å². The van der Waals surface area contributed by atoms with Gasteiger partial charge in [0.25, 0.3) is 0 Å². The highest BCUT2D eigenvalue weighted by atomic mass is 16.4. The fourth-order valence-electron chi connectivity index (χ4n) is 2.22. The monoisotopic (exact) mass is 256 g/mol. The molecule has 0 radical (unpaired) electrons. The third kappa shape index (κ3) is 4.94. The van der Waals surface area contributed by atoms with E-state index in [1.54, 1.807) is 0 Å². The minimum Gasteiger partial charge on any atom is -0.481 e. The van der Waals surface area contributed by atoms with Crippen molar-refractivity contribution in [2.45, 2.75) is 52.0 Å². The first kappa shape index (κ1) is 14.8. The van der Waals surface area contributed by atoms with Crippen LogP contribution in [-0.2, 0) is 4.79 Å². The highest BCUT2D eigenvalue weighted by molar-refractivity contribution is 5.74. The van der Waals surface area contributed by atoms with Crippen molar-refractivity contribution in [1.82, 2.24) is 10.2 Å². The lowest BCUT2D eigenvalue weighted by Crippen LogP contribution is -2.47. The van der Waals surface area contributed by atoms with Crippen molar-refractivity contribution in [1.29, 1.82) is 0 Å². The summed E-state index contributed by atoms with van der Waals surface area (Å²) in [5.74, 6) is -0.422. The number of carboxylic acids is 1. The van der Waals surface area contributed by atoms with Gasteiger partial charge in [0.05, 0.1) is 0 Å². The van der Waals surface area contributed by atoms with Gasteiger partial charge < -0.3 is 15.3 Å². The first-order chi connectivity index (χ1) is 8.52. The molecule has 104 valence electrons. The first-order valence-electron chi connectivity index (χ1n) is 6.80. The Hall–Kier alpha value is -1.26. The Morgan fingerprint density at radius 2 is 2.22 bits per heavy atom. The van der Waals surface area contributed by atoms with Crippen LogP contribution in [0.1, 0.15) is 46.0 Å². The Kier molecular flexibility index (Phi) is 5.95. The molecule has 1 heterocycles. The number of likely N-dealkylation sites (tertiary alicyclic amines) is 1. The van der Waals surface area contributed by atoms with Crippen molar-refractivity contribution in [3.63, 3.8) is 0 Å². The third-order valence-corrected chi connectivity index (χ3v) is 3.55. The lowest BCUT2D eigenvalue weighted by Gasteiger charge is -2.33. The third-order valence-electron chi connectivity index (χ3n) is 3.55. The van der Waals surface area contributed by atoms with E-state index in [0.717, 1.165) is 25.8 Å². The van der Waals surface area contributed by atoms with Gasteiger partial charge in [-0.25, -0.2) is 4.79 Å². The second-order valence-electron chi connectivity index (χ2n) is 5.15. The SMILES string of the molecule is CCC(C)NC(=O)N1CCCC(CCC(=O)O)C1. The van der Waals surface area contributed by atoms with Gasteiger partial charge in [0, 0.05) is 25.6 Å². The van der Waals surface area contributed by atoms with Gasteiger partial charge in [-0.3, -0.25) is 4.79 Å². The van der Waals surface area contributed by atoms with Crippen LogP contribution >= 0.6 is 0 Å². The number of carbonyl (C=O) groups excluding carboxylic acids is 1. The minimum atomic E-state index is -0.754. The Bertz CT molecular complexity index is 294. The molecule has 5 nitrogen and oxygen atoms in total. The fraction of sp³-hybridized carbons (Fsp3) is 0.846. The quantitative estimate of drug-likeness (QED) is 0.791. The zero-order valence-corrected chi connectivity index (χ0v) is 11.3. The summed E-state index contributed by atoms with van der Waals surface area (Å²) in [5.41, 5.74) is 0. The number of nitrogens with zero attached hydrogens (tertiary/aromatic N) is 1. The van der Waals surface area contributed by atoms with E-state index in [-0.39, 0.29) is 18.5 Å². The Morgan fingerprint density at radius 3 is 2.83 bits per heavy atom. The van der Waals surface area contributed by atoms with Crippen LogP contribution < -0.4 is 5.32 Å². The maximum Gasteiger partial charge on any atom is 0.317 e. The zero-order chi connectivity index (χ0) is 13.5. The molecule has 0 aromatic carbocycles. The Morgan fingerprint density at radius 1 is 1.50 bits per heavy atom. The summed E-state index contributed by atoms with van der Waals surface area (Å²) in [5, 5.41) is 11.6. The lowest BCUT2D eigenvalue weighted by molar-refractivity contribution is -0.137. The van der Waals surface area contributed by atoms with Crippen LogP contribution in [0.3, 0.4) is 0 Å². The van der Waals surface area contributed by atoms with E-state index >= 15 is 0 Å². The van der Waals surface area contributed by atoms with Gasteiger partial charge in [-0.15, -0.1) is 0 Å². The maximum atomic E-state index is 11.9. The number of carbonyl (C=O) groups is 2. The van der Waals surface area contributed by atoms with Gasteiger partial charge in [0.1, 0.15) is 0 Å². The number of carboxylic acid groups (broad SMARTS) is 1. The predicted molar refractivity (Wildman–Crippen MR) is 69.5 cm³/mol. The molecule has 2 amide bonds. The standard InChI is InChI=1S/C13H24N2O3/c1-3-10(2)14-13(18)15-8-4-5-11(9-15)6-7-12(16)17/h10-11H,3-9H2,1-2H3,(H,14,18)(H,16,17). The van der Waals surface area contributed by atoms with Crippen LogP contribution in [0.15, 0.2) is 0 Å². The number of piperidine rings is 1. The van der Waals surface area contributed by atoms with Crippen LogP contribution in [-0.4, -0.2) is 41.1 Å². The average molecular weight is 256 g/mol. The topological polar surface area (TPSA) is 69.6 Å². The summed E-state index contributed by atoms with van der Waals surface area (Å²) in [7, 11) is 0. The predicted octanol–water partition coefficient (Wildman–Crippen LogP) is 2.07. The molecule has 1 saturated heterocycles.